The molecule has 0 aliphatic rings. The monoisotopic (exact) mass is 211 g/mol. The van der Waals surface area contributed by atoms with Crippen LogP contribution in [0.5, 0.6) is 0 Å². The van der Waals surface area contributed by atoms with E-state index in [1.54, 1.807) is 0 Å². The lowest BCUT2D eigenvalue weighted by molar-refractivity contribution is 0.754. The maximum atomic E-state index is 5.10. The molecule has 0 bridgehead atoms. The van der Waals surface area contributed by atoms with Gasteiger partial charge in [-0.2, -0.15) is 0 Å². The smallest absolute Gasteiger partial charge is 0.166 e. The summed E-state index contributed by atoms with van der Waals surface area (Å²) in [7, 11) is 2.03. The van der Waals surface area contributed by atoms with Crippen LogP contribution in [0, 0.1) is 0 Å². The molecular weight excluding hydrogens is 194 g/mol. The second-order valence-electron chi connectivity index (χ2n) is 3.22. The molecule has 0 atom stereocenters. The highest BCUT2D eigenvalue weighted by molar-refractivity contribution is 7.80. The van der Waals surface area contributed by atoms with Gasteiger partial charge in [0.15, 0.2) is 5.11 Å². The van der Waals surface area contributed by atoms with E-state index in [2.05, 4.69) is 28.2 Å². The molecule has 1 heterocycles. The molecule has 78 valence electrons. The number of aryl methyl sites for hydroxylation is 1. The van der Waals surface area contributed by atoms with Crippen LogP contribution in [0.4, 0.5) is 0 Å². The molecule has 2 N–H and O–H groups in total. The summed E-state index contributed by atoms with van der Waals surface area (Å²) >= 11 is 5.10. The first-order valence-corrected chi connectivity index (χ1v) is 5.26. The Hall–Kier alpha value is -1.03. The first kappa shape index (κ1) is 11.0. The Bertz CT molecular complexity index is 293. The van der Waals surface area contributed by atoms with E-state index in [0.29, 0.717) is 0 Å². The van der Waals surface area contributed by atoms with Crippen LogP contribution in [0.25, 0.3) is 0 Å². The topological polar surface area (TPSA) is 29.0 Å². The Labute approximate surface area is 90.5 Å². The highest BCUT2D eigenvalue weighted by Gasteiger charge is 1.97. The predicted molar refractivity (Wildman–Crippen MR) is 63.1 cm³/mol. The van der Waals surface area contributed by atoms with Gasteiger partial charge in [-0.25, -0.2) is 0 Å². The Balaban J connectivity index is 2.27. The Morgan fingerprint density at radius 1 is 1.50 bits per heavy atom. The standard InChI is InChI=1S/C10H17N3S/c1-3-6-11-10(14)12-8-9-5-4-7-13(9)2/h4-5,7H,3,6,8H2,1-2H3,(H2,11,12,14). The summed E-state index contributed by atoms with van der Waals surface area (Å²) in [5, 5.41) is 7.02. The lowest BCUT2D eigenvalue weighted by Gasteiger charge is -2.09. The van der Waals surface area contributed by atoms with E-state index >= 15 is 0 Å². The fourth-order valence-electron chi connectivity index (χ4n) is 1.15. The summed E-state index contributed by atoms with van der Waals surface area (Å²) in [5.74, 6) is 0. The molecule has 1 aromatic heterocycles. The summed E-state index contributed by atoms with van der Waals surface area (Å²) < 4.78 is 2.08. The van der Waals surface area contributed by atoms with Crippen molar-refractivity contribution in [3.8, 4) is 0 Å². The second-order valence-corrected chi connectivity index (χ2v) is 3.63. The summed E-state index contributed by atoms with van der Waals surface area (Å²) in [5.41, 5.74) is 1.23. The number of nitrogens with zero attached hydrogens (tertiary/aromatic N) is 1. The van der Waals surface area contributed by atoms with Gasteiger partial charge in [-0.3, -0.25) is 0 Å². The quantitative estimate of drug-likeness (QED) is 0.738. The summed E-state index contributed by atoms with van der Waals surface area (Å²) in [4.78, 5) is 0. The van der Waals surface area contributed by atoms with Crippen molar-refractivity contribution in [2.75, 3.05) is 6.54 Å². The van der Waals surface area contributed by atoms with Crippen molar-refractivity contribution in [2.45, 2.75) is 19.9 Å². The Morgan fingerprint density at radius 3 is 2.86 bits per heavy atom. The average Bonchev–Trinajstić information content (AvgIpc) is 2.58. The van der Waals surface area contributed by atoms with Gasteiger partial charge in [-0.05, 0) is 30.8 Å². The third-order valence-electron chi connectivity index (χ3n) is 2.02. The zero-order chi connectivity index (χ0) is 10.4. The van der Waals surface area contributed by atoms with Crippen LogP contribution in [0.3, 0.4) is 0 Å². The van der Waals surface area contributed by atoms with E-state index in [0.717, 1.165) is 24.6 Å². The molecule has 0 radical (unpaired) electrons. The zero-order valence-electron chi connectivity index (χ0n) is 8.71. The van der Waals surface area contributed by atoms with E-state index in [4.69, 9.17) is 12.2 Å². The van der Waals surface area contributed by atoms with Crippen LogP contribution in [0.15, 0.2) is 18.3 Å². The fraction of sp³-hybridized carbons (Fsp3) is 0.500. The Kier molecular flexibility index (Phi) is 4.46. The number of thiocarbonyl (C=S) groups is 1. The molecule has 3 nitrogen and oxygen atoms in total. The van der Waals surface area contributed by atoms with E-state index in [-0.39, 0.29) is 0 Å². The molecule has 1 aromatic rings. The number of rotatable bonds is 4. The molecule has 0 saturated carbocycles. The minimum Gasteiger partial charge on any atom is -0.363 e. The first-order valence-electron chi connectivity index (χ1n) is 4.86. The molecule has 0 aliphatic carbocycles. The lowest BCUT2D eigenvalue weighted by atomic mass is 10.4. The molecule has 0 spiro atoms. The van der Waals surface area contributed by atoms with Gasteiger partial charge in [0.05, 0.1) is 6.54 Å². The number of hydrogen-bond acceptors (Lipinski definition) is 1. The van der Waals surface area contributed by atoms with Crippen molar-refractivity contribution in [1.82, 2.24) is 15.2 Å². The van der Waals surface area contributed by atoms with Crippen LogP contribution in [0.2, 0.25) is 0 Å². The molecule has 0 unspecified atom stereocenters. The van der Waals surface area contributed by atoms with Gasteiger partial charge in [-0.1, -0.05) is 6.92 Å². The molecule has 0 aromatic carbocycles. The molecular formula is C10H17N3S. The van der Waals surface area contributed by atoms with Crippen molar-refractivity contribution >= 4 is 17.3 Å². The molecule has 1 rings (SSSR count). The maximum Gasteiger partial charge on any atom is 0.166 e. The number of hydrogen-bond donors (Lipinski definition) is 2. The number of aromatic nitrogens is 1. The van der Waals surface area contributed by atoms with Crippen LogP contribution in [0.1, 0.15) is 19.0 Å². The average molecular weight is 211 g/mol. The fourth-order valence-corrected chi connectivity index (χ4v) is 1.33. The van der Waals surface area contributed by atoms with Crippen LogP contribution >= 0.6 is 12.2 Å². The normalized spacial score (nSPS) is 9.86. The van der Waals surface area contributed by atoms with Gasteiger partial charge in [0.1, 0.15) is 0 Å². The Morgan fingerprint density at radius 2 is 2.29 bits per heavy atom. The SMILES string of the molecule is CCCNC(=S)NCc1cccn1C. The van der Waals surface area contributed by atoms with E-state index in [1.807, 2.05) is 19.3 Å². The van der Waals surface area contributed by atoms with Crippen molar-refractivity contribution in [3.63, 3.8) is 0 Å². The van der Waals surface area contributed by atoms with Gasteiger partial charge >= 0.3 is 0 Å². The number of nitrogens with one attached hydrogen (secondary N) is 2. The molecule has 4 heteroatoms. The third kappa shape index (κ3) is 3.38. The van der Waals surface area contributed by atoms with Crippen LogP contribution in [-0.2, 0) is 13.6 Å². The van der Waals surface area contributed by atoms with Crippen molar-refractivity contribution in [3.05, 3.63) is 24.0 Å². The molecule has 14 heavy (non-hydrogen) atoms. The summed E-state index contributed by atoms with van der Waals surface area (Å²) in [6, 6.07) is 4.11. The van der Waals surface area contributed by atoms with E-state index in [1.165, 1.54) is 5.69 Å². The third-order valence-corrected chi connectivity index (χ3v) is 2.31. The van der Waals surface area contributed by atoms with Gasteiger partial charge in [0, 0.05) is 25.5 Å². The molecule has 0 amide bonds. The lowest BCUT2D eigenvalue weighted by Crippen LogP contribution is -2.35. The van der Waals surface area contributed by atoms with Gasteiger partial charge in [0.25, 0.3) is 0 Å². The largest absolute Gasteiger partial charge is 0.363 e. The minimum atomic E-state index is 0.730. The first-order chi connectivity index (χ1) is 6.74. The molecule has 0 saturated heterocycles. The van der Waals surface area contributed by atoms with Gasteiger partial charge < -0.3 is 15.2 Å². The maximum absolute atomic E-state index is 5.10. The zero-order valence-corrected chi connectivity index (χ0v) is 9.53. The van der Waals surface area contributed by atoms with Crippen molar-refractivity contribution in [2.24, 2.45) is 7.05 Å². The highest BCUT2D eigenvalue weighted by atomic mass is 32.1. The second kappa shape index (κ2) is 5.65. The predicted octanol–water partition coefficient (Wildman–Crippen LogP) is 1.40. The van der Waals surface area contributed by atoms with Crippen molar-refractivity contribution < 1.29 is 0 Å². The summed E-state index contributed by atoms with van der Waals surface area (Å²) in [6.45, 7) is 3.82. The van der Waals surface area contributed by atoms with Gasteiger partial charge in [0.2, 0.25) is 0 Å². The van der Waals surface area contributed by atoms with Crippen molar-refractivity contribution in [1.29, 1.82) is 0 Å². The van der Waals surface area contributed by atoms with Gasteiger partial charge in [-0.15, -0.1) is 0 Å². The van der Waals surface area contributed by atoms with Crippen LogP contribution in [-0.4, -0.2) is 16.2 Å². The minimum absolute atomic E-state index is 0.730. The highest BCUT2D eigenvalue weighted by Crippen LogP contribution is 1.97. The summed E-state index contributed by atoms with van der Waals surface area (Å²) in [6.07, 6.45) is 3.12. The van der Waals surface area contributed by atoms with E-state index in [9.17, 15) is 0 Å². The molecule has 0 fully saturated rings. The molecule has 0 aliphatic heterocycles. The van der Waals surface area contributed by atoms with E-state index < -0.39 is 0 Å². The van der Waals surface area contributed by atoms with Crippen LogP contribution < -0.4 is 10.6 Å².